The number of likely N-dealkylation sites (tertiary alicyclic amines) is 1. The van der Waals surface area contributed by atoms with Crippen LogP contribution >= 0.6 is 0 Å². The van der Waals surface area contributed by atoms with Crippen molar-refractivity contribution >= 4 is 10.0 Å². The number of ether oxygens (including phenoxy) is 1. The third kappa shape index (κ3) is 5.30. The summed E-state index contributed by atoms with van der Waals surface area (Å²) in [5.41, 5.74) is 1.88. The molecule has 2 aliphatic rings. The first-order valence-corrected chi connectivity index (χ1v) is 12.9. The van der Waals surface area contributed by atoms with Gasteiger partial charge in [0.25, 0.3) is 0 Å². The fourth-order valence-corrected chi connectivity index (χ4v) is 6.23. The maximum atomic E-state index is 13.3. The number of rotatable bonds is 6. The molecular formula is C25H34N2O3S. The topological polar surface area (TPSA) is 49.9 Å². The molecule has 6 heteroatoms. The Bertz CT molecular complexity index is 959. The van der Waals surface area contributed by atoms with Crippen molar-refractivity contribution in [2.24, 2.45) is 11.8 Å². The highest BCUT2D eigenvalue weighted by molar-refractivity contribution is 7.89. The van der Waals surface area contributed by atoms with E-state index in [2.05, 4.69) is 11.8 Å². The van der Waals surface area contributed by atoms with Gasteiger partial charge in [-0.3, -0.25) is 0 Å². The normalized spacial score (nSPS) is 20.1. The van der Waals surface area contributed by atoms with Gasteiger partial charge in [-0.25, -0.2) is 8.42 Å². The quantitative estimate of drug-likeness (QED) is 0.661. The smallest absolute Gasteiger partial charge is 0.243 e. The van der Waals surface area contributed by atoms with Crippen molar-refractivity contribution in [2.45, 2.75) is 37.5 Å². The number of piperidine rings is 2. The summed E-state index contributed by atoms with van der Waals surface area (Å²) >= 11 is 0. The van der Waals surface area contributed by atoms with Crippen LogP contribution in [0.3, 0.4) is 0 Å². The van der Waals surface area contributed by atoms with Gasteiger partial charge in [0.2, 0.25) is 10.0 Å². The number of nitrogens with zero attached hydrogens (tertiary/aromatic N) is 2. The summed E-state index contributed by atoms with van der Waals surface area (Å²) in [5.74, 6) is 2.23. The molecule has 2 aliphatic heterocycles. The van der Waals surface area contributed by atoms with Crippen LogP contribution in [0.5, 0.6) is 5.75 Å². The summed E-state index contributed by atoms with van der Waals surface area (Å²) < 4.78 is 33.5. The van der Waals surface area contributed by atoms with Crippen LogP contribution in [-0.4, -0.2) is 57.5 Å². The first-order valence-electron chi connectivity index (χ1n) is 11.4. The van der Waals surface area contributed by atoms with Gasteiger partial charge >= 0.3 is 0 Å². The van der Waals surface area contributed by atoms with Gasteiger partial charge in [-0.2, -0.15) is 4.31 Å². The van der Waals surface area contributed by atoms with Gasteiger partial charge in [-0.05, 0) is 86.0 Å². The van der Waals surface area contributed by atoms with Gasteiger partial charge in [0, 0.05) is 19.6 Å². The molecule has 2 saturated heterocycles. The summed E-state index contributed by atoms with van der Waals surface area (Å²) in [5, 5.41) is 0. The first kappa shape index (κ1) is 22.3. The number of benzene rings is 2. The molecule has 0 saturated carbocycles. The van der Waals surface area contributed by atoms with E-state index in [4.69, 9.17) is 4.74 Å². The Morgan fingerprint density at radius 3 is 2.23 bits per heavy atom. The number of sulfonamides is 1. The lowest BCUT2D eigenvalue weighted by Gasteiger charge is -2.36. The van der Waals surface area contributed by atoms with Crippen LogP contribution in [-0.2, 0) is 10.0 Å². The van der Waals surface area contributed by atoms with Crippen molar-refractivity contribution in [2.75, 3.05) is 39.8 Å². The van der Waals surface area contributed by atoms with Crippen molar-refractivity contribution < 1.29 is 13.2 Å². The molecule has 0 unspecified atom stereocenters. The van der Waals surface area contributed by atoms with Crippen LogP contribution < -0.4 is 4.74 Å². The van der Waals surface area contributed by atoms with Crippen LogP contribution in [0.15, 0.2) is 53.4 Å². The Labute approximate surface area is 187 Å². The Kier molecular flexibility index (Phi) is 6.99. The highest BCUT2D eigenvalue weighted by Gasteiger charge is 2.30. The molecule has 2 fully saturated rings. The van der Waals surface area contributed by atoms with Gasteiger partial charge in [0.1, 0.15) is 5.75 Å². The minimum atomic E-state index is -3.47. The molecule has 0 aliphatic carbocycles. The zero-order chi connectivity index (χ0) is 21.8. The molecule has 0 spiro atoms. The van der Waals surface area contributed by atoms with E-state index in [1.54, 1.807) is 23.5 Å². The monoisotopic (exact) mass is 442 g/mol. The highest BCUT2D eigenvalue weighted by Crippen LogP contribution is 2.29. The van der Waals surface area contributed by atoms with Crippen molar-refractivity contribution in [3.63, 3.8) is 0 Å². The van der Waals surface area contributed by atoms with Gasteiger partial charge in [-0.15, -0.1) is 0 Å². The summed E-state index contributed by atoms with van der Waals surface area (Å²) in [6.07, 6.45) is 4.47. The second-order valence-electron chi connectivity index (χ2n) is 9.09. The van der Waals surface area contributed by atoms with Crippen LogP contribution in [0, 0.1) is 11.8 Å². The van der Waals surface area contributed by atoms with E-state index in [0.717, 1.165) is 42.2 Å². The van der Waals surface area contributed by atoms with Crippen molar-refractivity contribution in [1.82, 2.24) is 9.21 Å². The van der Waals surface area contributed by atoms with Gasteiger partial charge in [0.05, 0.1) is 12.0 Å². The van der Waals surface area contributed by atoms with Crippen molar-refractivity contribution in [3.05, 3.63) is 48.5 Å². The van der Waals surface area contributed by atoms with Crippen LogP contribution in [0.25, 0.3) is 11.1 Å². The third-order valence-electron chi connectivity index (χ3n) is 6.86. The molecule has 0 aromatic heterocycles. The van der Waals surface area contributed by atoms with Gasteiger partial charge < -0.3 is 9.64 Å². The van der Waals surface area contributed by atoms with Crippen molar-refractivity contribution in [3.8, 4) is 16.9 Å². The average Bonchev–Trinajstić information content (AvgIpc) is 2.81. The molecule has 2 aromatic rings. The summed E-state index contributed by atoms with van der Waals surface area (Å²) in [7, 11) is -1.84. The van der Waals surface area contributed by atoms with E-state index in [-0.39, 0.29) is 0 Å². The Morgan fingerprint density at radius 1 is 0.903 bits per heavy atom. The van der Waals surface area contributed by atoms with Crippen molar-refractivity contribution in [1.29, 1.82) is 0 Å². The predicted octanol–water partition coefficient (Wildman–Crippen LogP) is 4.49. The molecule has 2 heterocycles. The molecule has 4 rings (SSSR count). The Hall–Kier alpha value is -1.89. The summed E-state index contributed by atoms with van der Waals surface area (Å²) in [6.45, 7) is 7.07. The zero-order valence-corrected chi connectivity index (χ0v) is 19.5. The predicted molar refractivity (Wildman–Crippen MR) is 125 cm³/mol. The minimum Gasteiger partial charge on any atom is -0.497 e. The number of methoxy groups -OCH3 is 1. The molecule has 0 N–H and O–H groups in total. The number of hydrogen-bond donors (Lipinski definition) is 0. The molecule has 5 nitrogen and oxygen atoms in total. The molecule has 0 radical (unpaired) electrons. The van der Waals surface area contributed by atoms with E-state index < -0.39 is 10.0 Å². The van der Waals surface area contributed by atoms with Crippen LogP contribution in [0.4, 0.5) is 0 Å². The fraction of sp³-hybridized carbons (Fsp3) is 0.520. The van der Waals surface area contributed by atoms with E-state index >= 15 is 0 Å². The molecule has 0 bridgehead atoms. The largest absolute Gasteiger partial charge is 0.497 e. The Balaban J connectivity index is 1.39. The Morgan fingerprint density at radius 2 is 1.58 bits per heavy atom. The van der Waals surface area contributed by atoms with Gasteiger partial charge in [0.15, 0.2) is 0 Å². The maximum Gasteiger partial charge on any atom is 0.243 e. The molecular weight excluding hydrogens is 408 g/mol. The van der Waals surface area contributed by atoms with Gasteiger partial charge in [-0.1, -0.05) is 31.2 Å². The van der Waals surface area contributed by atoms with E-state index in [1.807, 2.05) is 36.4 Å². The van der Waals surface area contributed by atoms with Crippen LogP contribution in [0.1, 0.15) is 32.6 Å². The third-order valence-corrected chi connectivity index (χ3v) is 8.76. The zero-order valence-electron chi connectivity index (χ0n) is 18.7. The average molecular weight is 443 g/mol. The van der Waals surface area contributed by atoms with E-state index in [9.17, 15) is 8.42 Å². The summed E-state index contributed by atoms with van der Waals surface area (Å²) in [6, 6.07) is 15.0. The molecule has 2 aromatic carbocycles. The molecule has 168 valence electrons. The fourth-order valence-electron chi connectivity index (χ4n) is 4.71. The lowest BCUT2D eigenvalue weighted by atomic mass is 9.94. The molecule has 0 amide bonds. The SMILES string of the molecule is COc1ccc(-c2cccc(S(=O)(=O)N3CCC(CN4CCC(C)CC4)CC3)c2)cc1. The lowest BCUT2D eigenvalue weighted by molar-refractivity contribution is 0.142. The number of hydrogen-bond acceptors (Lipinski definition) is 4. The second-order valence-corrected chi connectivity index (χ2v) is 11.0. The highest BCUT2D eigenvalue weighted by atomic mass is 32.2. The minimum absolute atomic E-state index is 0.379. The first-order chi connectivity index (χ1) is 15.0. The summed E-state index contributed by atoms with van der Waals surface area (Å²) in [4.78, 5) is 2.96. The van der Waals surface area contributed by atoms with E-state index in [1.165, 1.54) is 25.9 Å². The van der Waals surface area contributed by atoms with Crippen LogP contribution in [0.2, 0.25) is 0 Å². The standard InChI is InChI=1S/C25H34N2O3S/c1-20-10-14-26(15-11-20)19-21-12-16-27(17-13-21)31(28,29)25-5-3-4-23(18-25)22-6-8-24(30-2)9-7-22/h3-9,18,20-21H,10-17,19H2,1-2H3. The maximum absolute atomic E-state index is 13.3. The lowest BCUT2D eigenvalue weighted by Crippen LogP contribution is -2.43. The molecule has 31 heavy (non-hydrogen) atoms. The molecule has 0 atom stereocenters. The second kappa shape index (κ2) is 9.72. The van der Waals surface area contributed by atoms with E-state index in [0.29, 0.717) is 23.9 Å².